The van der Waals surface area contributed by atoms with Gasteiger partial charge in [0.05, 0.1) is 52.4 Å². The van der Waals surface area contributed by atoms with Crippen molar-refractivity contribution in [3.63, 3.8) is 0 Å². The van der Waals surface area contributed by atoms with Gasteiger partial charge in [-0.25, -0.2) is 8.42 Å². The van der Waals surface area contributed by atoms with E-state index < -0.39 is 129 Å². The van der Waals surface area contributed by atoms with Crippen LogP contribution in [-0.4, -0.2) is 168 Å². The van der Waals surface area contributed by atoms with Crippen LogP contribution in [0.3, 0.4) is 0 Å². The number of carbonyl (C=O) groups excluding carboxylic acids is 1. The third-order valence-electron chi connectivity index (χ3n) is 15.8. The van der Waals surface area contributed by atoms with E-state index >= 15 is 0 Å². The summed E-state index contributed by atoms with van der Waals surface area (Å²) in [4.78, 5) is 14.5. The molecular formula is C52H81ClF3N3O14S. The number of aliphatic hydroxyl groups is 5. The molecule has 2 aromatic rings. The lowest BCUT2D eigenvalue weighted by Gasteiger charge is -2.53. The van der Waals surface area contributed by atoms with Crippen molar-refractivity contribution in [3.05, 3.63) is 64.7 Å². The van der Waals surface area contributed by atoms with E-state index in [0.29, 0.717) is 17.0 Å². The van der Waals surface area contributed by atoms with Gasteiger partial charge in [-0.3, -0.25) is 4.79 Å². The van der Waals surface area contributed by atoms with Crippen molar-refractivity contribution in [1.29, 1.82) is 0 Å². The number of methoxy groups -OCH3 is 1. The quantitative estimate of drug-likeness (QED) is 0.0953. The van der Waals surface area contributed by atoms with Crippen molar-refractivity contribution in [1.82, 2.24) is 14.9 Å². The van der Waals surface area contributed by atoms with Gasteiger partial charge >= 0.3 is 12.1 Å². The van der Waals surface area contributed by atoms with Crippen molar-refractivity contribution in [3.8, 4) is 0 Å². The monoisotopic (exact) mass is 1100 g/mol. The molecule has 0 radical (unpaired) electrons. The van der Waals surface area contributed by atoms with Gasteiger partial charge in [0.15, 0.2) is 12.6 Å². The minimum absolute atomic E-state index is 0.0294. The van der Waals surface area contributed by atoms with Gasteiger partial charge in [-0.1, -0.05) is 44.5 Å². The van der Waals surface area contributed by atoms with E-state index in [1.807, 2.05) is 6.92 Å². The first-order valence-corrected chi connectivity index (χ1v) is 27.3. The van der Waals surface area contributed by atoms with Crippen molar-refractivity contribution in [2.24, 2.45) is 17.8 Å². The molecule has 3 aliphatic rings. The third-order valence-corrected chi connectivity index (χ3v) is 17.9. The Hall–Kier alpha value is -2.58. The van der Waals surface area contributed by atoms with E-state index in [0.717, 1.165) is 16.4 Å². The second-order valence-electron chi connectivity index (χ2n) is 21.6. The van der Waals surface area contributed by atoms with Gasteiger partial charge in [0.1, 0.15) is 35.1 Å². The number of alkyl halides is 3. The average molecular weight is 1100 g/mol. The Bertz CT molecular complexity index is 2250. The predicted octanol–water partition coefficient (Wildman–Crippen LogP) is 5.19. The molecule has 422 valence electrons. The summed E-state index contributed by atoms with van der Waals surface area (Å²) >= 11 is 6.07. The van der Waals surface area contributed by atoms with Crippen LogP contribution in [0.15, 0.2) is 53.4 Å². The molecule has 3 aliphatic heterocycles. The summed E-state index contributed by atoms with van der Waals surface area (Å²) in [5, 5.41) is 67.4. The molecule has 0 aliphatic carbocycles. The van der Waals surface area contributed by atoms with Crippen LogP contribution in [0.5, 0.6) is 0 Å². The molecule has 18 atom stereocenters. The molecule has 0 spiro atoms. The molecule has 3 fully saturated rings. The molecule has 74 heavy (non-hydrogen) atoms. The van der Waals surface area contributed by atoms with Crippen LogP contribution < -0.4 is 10.6 Å². The number of halogens is 4. The van der Waals surface area contributed by atoms with Crippen molar-refractivity contribution in [2.45, 2.75) is 202 Å². The Morgan fingerprint density at radius 3 is 2.14 bits per heavy atom. The van der Waals surface area contributed by atoms with E-state index in [-0.39, 0.29) is 56.1 Å². The number of hydrogen-bond donors (Lipinski definition) is 7. The first-order chi connectivity index (χ1) is 34.2. The Labute approximate surface area is 439 Å². The van der Waals surface area contributed by atoms with Gasteiger partial charge in [0.2, 0.25) is 10.0 Å². The number of nitrogens with one attached hydrogen (secondary N) is 2. The molecule has 3 heterocycles. The van der Waals surface area contributed by atoms with E-state index in [1.165, 1.54) is 71.3 Å². The highest BCUT2D eigenvalue weighted by Gasteiger charge is 2.58. The number of esters is 1. The summed E-state index contributed by atoms with van der Waals surface area (Å²) in [6, 6.07) is 8.65. The molecule has 0 saturated carbocycles. The molecule has 17 nitrogen and oxygen atoms in total. The molecule has 0 amide bonds. The molecule has 3 saturated heterocycles. The maximum atomic E-state index is 14.6. The minimum Gasteiger partial charge on any atom is -0.459 e. The van der Waals surface area contributed by atoms with Crippen LogP contribution in [0, 0.1) is 17.8 Å². The molecule has 22 heteroatoms. The number of sulfonamides is 1. The van der Waals surface area contributed by atoms with Gasteiger partial charge in [-0.05, 0) is 135 Å². The zero-order valence-corrected chi connectivity index (χ0v) is 46.2. The van der Waals surface area contributed by atoms with Crippen molar-refractivity contribution < 1.29 is 80.3 Å². The van der Waals surface area contributed by atoms with Gasteiger partial charge in [0, 0.05) is 44.1 Å². The average Bonchev–Trinajstić information content (AvgIpc) is 3.33. The maximum Gasteiger partial charge on any atom is 0.416 e. The fourth-order valence-electron chi connectivity index (χ4n) is 10.9. The van der Waals surface area contributed by atoms with Crippen LogP contribution in [-0.2, 0) is 55.8 Å². The number of likely N-dealkylation sites (N-methyl/N-ethyl adjacent to an activating group) is 1. The summed E-state index contributed by atoms with van der Waals surface area (Å²) < 4.78 is 107. The van der Waals surface area contributed by atoms with Crippen LogP contribution in [0.1, 0.15) is 106 Å². The Balaban J connectivity index is 1.50. The van der Waals surface area contributed by atoms with E-state index in [2.05, 4.69) is 10.6 Å². The minimum atomic E-state index is -4.47. The number of nitrogens with zero attached hydrogens (tertiary/aromatic N) is 1. The lowest BCUT2D eigenvalue weighted by Crippen LogP contribution is -2.70. The number of rotatable bonds is 14. The first-order valence-electron chi connectivity index (χ1n) is 25.5. The van der Waals surface area contributed by atoms with Gasteiger partial charge < -0.3 is 64.6 Å². The summed E-state index contributed by atoms with van der Waals surface area (Å²) in [6.07, 6.45) is -15.3. The molecule has 0 bridgehead atoms. The summed E-state index contributed by atoms with van der Waals surface area (Å²) in [5.74, 6) is -3.43. The Kier molecular flexibility index (Phi) is 20.7. The standard InChI is InChI=1S/C52H81ClF3N3O14S/c1-13-40-50(10,64)44(61)33(6)58-27-29(2)25-48(8,63)45(73-47-42(60)39(24-30(3)69-47)59(11)74(66,67)38-20-18-37(53)19-21-38)31(4)43(32(5)46(62)71-40)72-41-26-49(9,68-12)51(65,34(7)70-41)28-57-23-22-35-14-16-36(17-15-35)52(54,55)56/h14-21,29-34,39-45,47,57-58,60-61,63-65H,13,22-28H2,1-12H3/t29-,30-,31+,32-,33-,34+,39+,40-,41+,42-,43+,44-,45-,47+,48-,49-,50-,51+/m1/s1. The molecule has 7 N–H and O–H groups in total. The van der Waals surface area contributed by atoms with E-state index in [4.69, 9.17) is 40.0 Å². The molecular weight excluding hydrogens is 1020 g/mol. The molecule has 0 unspecified atom stereocenters. The second kappa shape index (κ2) is 24.6. The number of cyclic esters (lactones) is 1. The fraction of sp³-hybridized carbons (Fsp3) is 0.750. The summed E-state index contributed by atoms with van der Waals surface area (Å²) in [6.45, 7) is 16.9. The Morgan fingerprint density at radius 1 is 0.932 bits per heavy atom. The van der Waals surface area contributed by atoms with E-state index in [9.17, 15) is 51.9 Å². The summed E-state index contributed by atoms with van der Waals surface area (Å²) in [7, 11) is -1.43. The van der Waals surface area contributed by atoms with Crippen molar-refractivity contribution >= 4 is 27.6 Å². The van der Waals surface area contributed by atoms with Crippen molar-refractivity contribution in [2.75, 3.05) is 33.8 Å². The number of hydrogen-bond acceptors (Lipinski definition) is 16. The predicted molar refractivity (Wildman–Crippen MR) is 269 cm³/mol. The smallest absolute Gasteiger partial charge is 0.416 e. The number of aliphatic hydroxyl groups excluding tert-OH is 2. The topological polar surface area (TPSA) is 235 Å². The molecule has 5 rings (SSSR count). The molecule has 2 aromatic carbocycles. The van der Waals surface area contributed by atoms with E-state index in [1.54, 1.807) is 41.5 Å². The third kappa shape index (κ3) is 14.0. The number of benzene rings is 2. The van der Waals surface area contributed by atoms with Gasteiger partial charge in [-0.15, -0.1) is 0 Å². The largest absolute Gasteiger partial charge is 0.459 e. The molecule has 0 aromatic heterocycles. The van der Waals surface area contributed by atoms with Gasteiger partial charge in [-0.2, -0.15) is 17.5 Å². The fourth-order valence-corrected chi connectivity index (χ4v) is 12.4. The second-order valence-corrected chi connectivity index (χ2v) is 24.1. The van der Waals surface area contributed by atoms with Crippen LogP contribution in [0.25, 0.3) is 0 Å². The summed E-state index contributed by atoms with van der Waals surface area (Å²) in [5.41, 5.74) is -6.98. The first kappa shape index (κ1) is 62.3. The lowest BCUT2D eigenvalue weighted by molar-refractivity contribution is -0.336. The zero-order chi connectivity index (χ0) is 55.5. The Morgan fingerprint density at radius 2 is 1.55 bits per heavy atom. The van der Waals surface area contributed by atoms with Gasteiger partial charge in [0.25, 0.3) is 0 Å². The van der Waals surface area contributed by atoms with Crippen LogP contribution in [0.4, 0.5) is 13.2 Å². The number of carbonyl (C=O) groups is 1. The highest BCUT2D eigenvalue weighted by atomic mass is 35.5. The van der Waals surface area contributed by atoms with Crippen LogP contribution in [0.2, 0.25) is 5.02 Å². The SMILES string of the molecule is CC[C@H]1OC(=O)[C@H](C)[C@@H](O[C@H]2C[C@@](C)(OC)[C@](O)(CNCCc3ccc(C(F)(F)F)cc3)[C@H](C)O2)[C@H](C)[C@@H](O[C@@H]2O[C@H](C)C[C@H](N(C)S(=O)(=O)c3ccc(Cl)cc3)[C@H]2O)[C@](C)(O)C[C@@H](C)CN[C@H](C)[C@@H](O)[C@]1(C)O. The lowest BCUT2D eigenvalue weighted by atomic mass is 9.75. The van der Waals surface area contributed by atoms with Crippen LogP contribution >= 0.6 is 11.6 Å². The highest BCUT2D eigenvalue weighted by molar-refractivity contribution is 7.89. The normalized spacial score (nSPS) is 39.5. The zero-order valence-electron chi connectivity index (χ0n) is 44.6. The number of ether oxygens (including phenoxy) is 6. The maximum absolute atomic E-state index is 14.6. The highest BCUT2D eigenvalue weighted by Crippen LogP contribution is 2.44.